The molecule has 35 heavy (non-hydrogen) atoms. The van der Waals surface area contributed by atoms with Crippen LogP contribution in [-0.4, -0.2) is 48.1 Å². The minimum Gasteiger partial charge on any atom is -0.338 e. The number of halogens is 1. The molecule has 184 valence electrons. The average Bonchev–Trinajstić information content (AvgIpc) is 3.76. The second-order valence-electron chi connectivity index (χ2n) is 9.25. The lowest BCUT2D eigenvalue weighted by Gasteiger charge is -2.26. The number of aryl methyl sites for hydroxylation is 1. The van der Waals surface area contributed by atoms with Gasteiger partial charge in [0.1, 0.15) is 17.6 Å². The van der Waals surface area contributed by atoms with Crippen molar-refractivity contribution in [2.24, 2.45) is 17.8 Å². The van der Waals surface area contributed by atoms with Crippen molar-refractivity contribution in [3.05, 3.63) is 51.6 Å². The van der Waals surface area contributed by atoms with Gasteiger partial charge in [-0.1, -0.05) is 10.4 Å². The first-order chi connectivity index (χ1) is 16.8. The zero-order chi connectivity index (χ0) is 24.7. The third-order valence-corrected chi connectivity index (χ3v) is 6.66. The van der Waals surface area contributed by atoms with Crippen LogP contribution in [0.4, 0.5) is 10.2 Å². The van der Waals surface area contributed by atoms with Gasteiger partial charge in [-0.2, -0.15) is 0 Å². The van der Waals surface area contributed by atoms with Crippen LogP contribution in [-0.2, 0) is 4.79 Å². The van der Waals surface area contributed by atoms with E-state index >= 15 is 0 Å². The molecular formula is C22H25FN8O4. The number of hydrogen-bond donors (Lipinski definition) is 3. The number of hydrogen-bond acceptors (Lipinski definition) is 8. The highest BCUT2D eigenvalue weighted by molar-refractivity contribution is 6.00. The summed E-state index contributed by atoms with van der Waals surface area (Å²) in [6.45, 7) is 3.26. The summed E-state index contributed by atoms with van der Waals surface area (Å²) in [5.74, 6) is -0.645. The van der Waals surface area contributed by atoms with Gasteiger partial charge >= 0.3 is 0 Å². The lowest BCUT2D eigenvalue weighted by molar-refractivity contribution is -0.119. The lowest BCUT2D eigenvalue weighted by atomic mass is 9.88. The van der Waals surface area contributed by atoms with Gasteiger partial charge in [-0.05, 0) is 68.5 Å². The molecule has 0 radical (unpaired) electrons. The van der Waals surface area contributed by atoms with Crippen LogP contribution in [0.2, 0.25) is 0 Å². The van der Waals surface area contributed by atoms with Crippen LogP contribution in [0, 0.1) is 30.5 Å². The molecule has 3 aromatic rings. The molecule has 5 rings (SSSR count). The van der Waals surface area contributed by atoms with E-state index in [0.29, 0.717) is 17.5 Å². The number of nitrogens with one attached hydrogen (secondary N) is 3. The maximum atomic E-state index is 13.6. The second kappa shape index (κ2) is 9.04. The Balaban J connectivity index is 1.35. The molecule has 13 heteroatoms. The maximum Gasteiger partial charge on any atom is 0.276 e. The number of nitrogens with zero attached hydrogens (tertiary/aromatic N) is 5. The van der Waals surface area contributed by atoms with Crippen LogP contribution >= 0.6 is 0 Å². The van der Waals surface area contributed by atoms with Gasteiger partial charge in [-0.3, -0.25) is 14.4 Å². The topological polar surface area (TPSA) is 161 Å². The lowest BCUT2D eigenvalue weighted by Crippen LogP contribution is -2.50. The van der Waals surface area contributed by atoms with Gasteiger partial charge in [0.25, 0.3) is 11.5 Å². The summed E-state index contributed by atoms with van der Waals surface area (Å²) in [4.78, 5) is 40.7. The van der Waals surface area contributed by atoms with E-state index in [9.17, 15) is 18.8 Å². The van der Waals surface area contributed by atoms with Gasteiger partial charge < -0.3 is 15.6 Å². The summed E-state index contributed by atoms with van der Waals surface area (Å²) in [7, 11) is 0. The van der Waals surface area contributed by atoms with Crippen LogP contribution in [0.3, 0.4) is 0 Å². The molecule has 1 unspecified atom stereocenters. The van der Waals surface area contributed by atoms with Crippen molar-refractivity contribution in [1.29, 1.82) is 0 Å². The highest BCUT2D eigenvalue weighted by atomic mass is 19.1. The fourth-order valence-corrected chi connectivity index (χ4v) is 4.53. The summed E-state index contributed by atoms with van der Waals surface area (Å²) >= 11 is 0. The number of H-pyrrole nitrogens is 1. The predicted molar refractivity (Wildman–Crippen MR) is 119 cm³/mol. The number of pyridine rings is 1. The smallest absolute Gasteiger partial charge is 0.276 e. The Morgan fingerprint density at radius 2 is 1.94 bits per heavy atom. The highest BCUT2D eigenvalue weighted by Crippen LogP contribution is 2.50. The molecule has 2 fully saturated rings. The molecule has 0 aromatic carbocycles. The van der Waals surface area contributed by atoms with Crippen LogP contribution in [0.15, 0.2) is 27.9 Å². The third kappa shape index (κ3) is 4.84. The summed E-state index contributed by atoms with van der Waals surface area (Å²) in [6.07, 6.45) is 6.50. The normalized spacial score (nSPS) is 17.3. The molecule has 3 aromatic heterocycles. The average molecular weight is 484 g/mol. The van der Waals surface area contributed by atoms with Crippen molar-refractivity contribution in [2.75, 3.05) is 5.32 Å². The van der Waals surface area contributed by atoms with E-state index in [1.54, 1.807) is 13.8 Å². The second-order valence-corrected chi connectivity index (χ2v) is 9.25. The molecule has 2 amide bonds. The largest absolute Gasteiger partial charge is 0.338 e. The third-order valence-electron chi connectivity index (χ3n) is 6.66. The summed E-state index contributed by atoms with van der Waals surface area (Å²) in [5, 5.41) is 20.8. The molecule has 2 saturated carbocycles. The Morgan fingerprint density at radius 3 is 2.57 bits per heavy atom. The van der Waals surface area contributed by atoms with E-state index in [1.165, 1.54) is 10.9 Å². The molecular weight excluding hydrogens is 459 g/mol. The van der Waals surface area contributed by atoms with Crippen molar-refractivity contribution in [3.63, 3.8) is 0 Å². The Bertz CT molecular complexity index is 1300. The van der Waals surface area contributed by atoms with Gasteiger partial charge in [0.2, 0.25) is 5.91 Å². The van der Waals surface area contributed by atoms with E-state index < -0.39 is 35.3 Å². The van der Waals surface area contributed by atoms with Gasteiger partial charge in [0, 0.05) is 11.8 Å². The summed E-state index contributed by atoms with van der Waals surface area (Å²) in [5.41, 5.74) is 0.0858. The van der Waals surface area contributed by atoms with E-state index in [1.807, 2.05) is 0 Å². The monoisotopic (exact) mass is 484 g/mol. The van der Waals surface area contributed by atoms with Crippen molar-refractivity contribution in [3.8, 4) is 0 Å². The number of rotatable bonds is 9. The number of carbonyl (C=O) groups is 2. The molecule has 0 saturated heterocycles. The molecule has 3 N–H and O–H groups in total. The van der Waals surface area contributed by atoms with E-state index in [0.717, 1.165) is 37.9 Å². The van der Waals surface area contributed by atoms with Crippen LogP contribution < -0.4 is 16.2 Å². The molecule has 0 bridgehead atoms. The SMILES string of the molecule is Cc1nonc1C(=O)N[C@H](C(=O)Nc1cn(C(C)c2cc(F)c[nH]c2=O)nn1)C(C1CC1)C1CC1. The zero-order valence-electron chi connectivity index (χ0n) is 19.2. The zero-order valence-corrected chi connectivity index (χ0v) is 19.2. The van der Waals surface area contributed by atoms with Gasteiger partial charge in [0.15, 0.2) is 11.5 Å². The summed E-state index contributed by atoms with van der Waals surface area (Å²) in [6, 6.07) is -0.297. The van der Waals surface area contributed by atoms with Crippen LogP contribution in [0.25, 0.3) is 0 Å². The fraction of sp³-hybridized carbons (Fsp3) is 0.500. The van der Waals surface area contributed by atoms with E-state index in [-0.39, 0.29) is 23.0 Å². The number of carbonyl (C=O) groups excluding carboxylic acids is 2. The van der Waals surface area contributed by atoms with Crippen LogP contribution in [0.5, 0.6) is 0 Å². The Kier molecular flexibility index (Phi) is 5.91. The first kappa shape index (κ1) is 22.9. The van der Waals surface area contributed by atoms with Crippen molar-refractivity contribution >= 4 is 17.6 Å². The molecule has 2 aliphatic carbocycles. The Hall–Kier alpha value is -3.90. The minimum atomic E-state index is -0.799. The highest BCUT2D eigenvalue weighted by Gasteiger charge is 2.48. The van der Waals surface area contributed by atoms with E-state index in [2.05, 4.69) is 40.9 Å². The molecule has 2 aliphatic rings. The molecule has 3 heterocycles. The first-order valence-corrected chi connectivity index (χ1v) is 11.5. The van der Waals surface area contributed by atoms with Gasteiger partial charge in [0.05, 0.1) is 12.2 Å². The van der Waals surface area contributed by atoms with Crippen molar-refractivity contribution in [2.45, 2.75) is 51.6 Å². The standard InChI is InChI=1S/C22H25FN8O4/c1-10-18(29-35-28-10)21(33)26-19(17(12-3-4-12)13-5-6-13)22(34)25-16-9-31(30-27-16)11(2)15-7-14(23)8-24-20(15)32/h7-9,11-13,17,19H,3-6H2,1-2H3,(H,24,32)(H,25,34)(H,26,33)/t11?,19-/m0/s1. The predicted octanol–water partition coefficient (Wildman–Crippen LogP) is 1.58. The number of amides is 2. The van der Waals surface area contributed by atoms with Gasteiger partial charge in [-0.25, -0.2) is 13.7 Å². The van der Waals surface area contributed by atoms with Crippen molar-refractivity contribution in [1.82, 2.24) is 35.6 Å². The maximum absolute atomic E-state index is 13.6. The number of anilines is 1. The molecule has 0 aliphatic heterocycles. The van der Waals surface area contributed by atoms with Gasteiger partial charge in [-0.15, -0.1) is 5.10 Å². The quantitative estimate of drug-likeness (QED) is 0.412. The van der Waals surface area contributed by atoms with Crippen molar-refractivity contribution < 1.29 is 18.6 Å². The fourth-order valence-electron chi connectivity index (χ4n) is 4.53. The number of aromatic amines is 1. The Labute approximate surface area is 198 Å². The summed E-state index contributed by atoms with van der Waals surface area (Å²) < 4.78 is 19.6. The molecule has 12 nitrogen and oxygen atoms in total. The Morgan fingerprint density at radius 1 is 1.23 bits per heavy atom. The molecule has 2 atom stereocenters. The number of aromatic nitrogens is 6. The van der Waals surface area contributed by atoms with E-state index in [4.69, 9.17) is 0 Å². The first-order valence-electron chi connectivity index (χ1n) is 11.5. The minimum absolute atomic E-state index is 0.000984. The molecule has 0 spiro atoms. The van der Waals surface area contributed by atoms with Crippen LogP contribution in [0.1, 0.15) is 60.4 Å².